The normalized spacial score (nSPS) is 8.44. The van der Waals surface area contributed by atoms with Gasteiger partial charge >= 0.3 is 0 Å². The Balaban J connectivity index is 2.94. The van der Waals surface area contributed by atoms with E-state index in [9.17, 15) is 4.79 Å². The van der Waals surface area contributed by atoms with E-state index >= 15 is 0 Å². The number of hydrogen-bond donors (Lipinski definition) is 1. The largest absolute Gasteiger partial charge is 0.288 e. The molecule has 0 aromatic rings. The van der Waals surface area contributed by atoms with Crippen LogP contribution in [0.25, 0.3) is 0 Å². The molecule has 1 nitrogen and oxygen atoms in total. The van der Waals surface area contributed by atoms with Gasteiger partial charge in [0.05, 0.1) is 0 Å². The highest BCUT2D eigenvalue weighted by atomic mass is 32.1. The van der Waals surface area contributed by atoms with Gasteiger partial charge in [0.25, 0.3) is 0 Å². The number of carbonyl (C=O) groups is 1. The van der Waals surface area contributed by atoms with Crippen LogP contribution in [0.3, 0.4) is 0 Å². The molecule has 0 bridgehead atoms. The summed E-state index contributed by atoms with van der Waals surface area (Å²) >= 11 is 3.61. The van der Waals surface area contributed by atoms with Crippen LogP contribution in [-0.4, -0.2) is 5.12 Å². The lowest BCUT2D eigenvalue weighted by molar-refractivity contribution is -0.110. The molecule has 0 heterocycles. The van der Waals surface area contributed by atoms with Gasteiger partial charge in [-0.3, -0.25) is 4.79 Å². The average molecular weight is 142 g/mol. The first-order chi connectivity index (χ1) is 4.27. The van der Waals surface area contributed by atoms with Crippen LogP contribution in [-0.2, 0) is 4.79 Å². The summed E-state index contributed by atoms with van der Waals surface area (Å²) < 4.78 is 0. The van der Waals surface area contributed by atoms with Crippen LogP contribution < -0.4 is 0 Å². The van der Waals surface area contributed by atoms with E-state index in [2.05, 4.69) is 18.5 Å². The number of unbranched alkanes of at least 4 members (excludes halogenated alkanes) is 2. The summed E-state index contributed by atoms with van der Waals surface area (Å²) in [4.78, 5) is 10.2. The van der Waals surface area contributed by atoms with Crippen LogP contribution in [0.1, 0.15) is 25.7 Å². The molecule has 0 aliphatic carbocycles. The van der Waals surface area contributed by atoms with Gasteiger partial charge in [-0.1, -0.05) is 0 Å². The van der Waals surface area contributed by atoms with Gasteiger partial charge < -0.3 is 0 Å². The van der Waals surface area contributed by atoms with Gasteiger partial charge in [0.15, 0.2) is 5.12 Å². The van der Waals surface area contributed by atoms with Gasteiger partial charge in [-0.2, -0.15) is 0 Å². The van der Waals surface area contributed by atoms with Crippen molar-refractivity contribution in [2.75, 3.05) is 0 Å². The minimum atomic E-state index is -0.0491. The number of rotatable bonds is 4. The predicted molar refractivity (Wildman–Crippen MR) is 41.3 cm³/mol. The lowest BCUT2D eigenvalue weighted by atomic mass is 10.2. The topological polar surface area (TPSA) is 17.1 Å². The molecule has 0 atom stereocenters. The number of carbonyl (C=O) groups excluding carboxylic acids is 1. The van der Waals surface area contributed by atoms with Crippen LogP contribution in [0, 0.1) is 12.3 Å². The molecule has 0 saturated heterocycles. The first kappa shape index (κ1) is 8.58. The molecule has 0 aromatic heterocycles. The van der Waals surface area contributed by atoms with E-state index in [1.165, 1.54) is 0 Å². The zero-order chi connectivity index (χ0) is 7.11. The second-order valence-electron chi connectivity index (χ2n) is 1.80. The van der Waals surface area contributed by atoms with Crippen molar-refractivity contribution >= 4 is 17.7 Å². The zero-order valence-electron chi connectivity index (χ0n) is 5.26. The molecule has 2 heteroatoms. The molecule has 50 valence electrons. The Hall–Kier alpha value is -0.420. The quantitative estimate of drug-likeness (QED) is 0.359. The van der Waals surface area contributed by atoms with E-state index in [4.69, 9.17) is 6.42 Å². The third kappa shape index (κ3) is 7.58. The van der Waals surface area contributed by atoms with Gasteiger partial charge in [-0.15, -0.1) is 25.0 Å². The number of terminal acetylenes is 1. The summed E-state index contributed by atoms with van der Waals surface area (Å²) in [5.41, 5.74) is 0. The summed E-state index contributed by atoms with van der Waals surface area (Å²) in [5.74, 6) is 2.51. The third-order valence-corrected chi connectivity index (χ3v) is 1.19. The van der Waals surface area contributed by atoms with Crippen molar-refractivity contribution in [2.45, 2.75) is 25.7 Å². The van der Waals surface area contributed by atoms with Crippen LogP contribution in [0.2, 0.25) is 0 Å². The molecule has 0 rings (SSSR count). The van der Waals surface area contributed by atoms with Crippen molar-refractivity contribution in [3.8, 4) is 12.3 Å². The Morgan fingerprint density at radius 2 is 2.22 bits per heavy atom. The Morgan fingerprint density at radius 1 is 1.56 bits per heavy atom. The summed E-state index contributed by atoms with van der Waals surface area (Å²) in [6.45, 7) is 0. The van der Waals surface area contributed by atoms with Crippen molar-refractivity contribution in [1.82, 2.24) is 0 Å². The molecule has 0 N–H and O–H groups in total. The Bertz CT molecular complexity index is 123. The van der Waals surface area contributed by atoms with E-state index in [-0.39, 0.29) is 5.12 Å². The molecular formula is C7H10OS. The molecule has 9 heavy (non-hydrogen) atoms. The highest BCUT2D eigenvalue weighted by molar-refractivity contribution is 7.96. The SMILES string of the molecule is C#CCCCCC(=O)S. The predicted octanol–water partition coefficient (Wildman–Crippen LogP) is 1.64. The molecule has 0 spiro atoms. The Kier molecular flexibility index (Phi) is 5.45. The lowest BCUT2D eigenvalue weighted by Gasteiger charge is -1.90. The molecule has 0 aromatic carbocycles. The van der Waals surface area contributed by atoms with E-state index < -0.39 is 0 Å². The molecule has 0 aliphatic rings. The highest BCUT2D eigenvalue weighted by Crippen LogP contribution is 2.00. The molecule has 0 fully saturated rings. The summed E-state index contributed by atoms with van der Waals surface area (Å²) in [7, 11) is 0. The van der Waals surface area contributed by atoms with Crippen LogP contribution in [0.4, 0.5) is 0 Å². The molecule has 0 saturated carbocycles. The highest BCUT2D eigenvalue weighted by Gasteiger charge is 1.91. The molecule has 0 amide bonds. The Labute approximate surface area is 61.2 Å². The van der Waals surface area contributed by atoms with Gasteiger partial charge in [0.2, 0.25) is 0 Å². The lowest BCUT2D eigenvalue weighted by Crippen LogP contribution is -1.84. The van der Waals surface area contributed by atoms with E-state index in [0.717, 1.165) is 19.3 Å². The Morgan fingerprint density at radius 3 is 2.67 bits per heavy atom. The maximum absolute atomic E-state index is 10.2. The van der Waals surface area contributed by atoms with Gasteiger partial charge in [-0.05, 0) is 12.8 Å². The second-order valence-corrected chi connectivity index (χ2v) is 2.30. The molecular weight excluding hydrogens is 132 g/mol. The van der Waals surface area contributed by atoms with Gasteiger partial charge in [0.1, 0.15) is 0 Å². The first-order valence-corrected chi connectivity index (χ1v) is 3.37. The van der Waals surface area contributed by atoms with Crippen molar-refractivity contribution in [3.63, 3.8) is 0 Å². The first-order valence-electron chi connectivity index (χ1n) is 2.92. The fourth-order valence-corrected chi connectivity index (χ4v) is 0.661. The summed E-state index contributed by atoms with van der Waals surface area (Å²) in [6.07, 6.45) is 8.10. The average Bonchev–Trinajstić information content (AvgIpc) is 1.80. The smallest absolute Gasteiger partial charge is 0.185 e. The summed E-state index contributed by atoms with van der Waals surface area (Å²) in [6, 6.07) is 0. The monoisotopic (exact) mass is 142 g/mol. The number of hydrogen-bond acceptors (Lipinski definition) is 1. The van der Waals surface area contributed by atoms with Gasteiger partial charge in [0, 0.05) is 12.8 Å². The maximum Gasteiger partial charge on any atom is 0.185 e. The van der Waals surface area contributed by atoms with Crippen molar-refractivity contribution in [1.29, 1.82) is 0 Å². The van der Waals surface area contributed by atoms with E-state index in [1.807, 2.05) is 0 Å². The minimum absolute atomic E-state index is 0.0491. The minimum Gasteiger partial charge on any atom is -0.288 e. The fourth-order valence-electron chi connectivity index (χ4n) is 0.503. The zero-order valence-corrected chi connectivity index (χ0v) is 6.16. The molecule has 0 aliphatic heterocycles. The summed E-state index contributed by atoms with van der Waals surface area (Å²) in [5, 5.41) is -0.0491. The van der Waals surface area contributed by atoms with Crippen molar-refractivity contribution in [2.24, 2.45) is 0 Å². The molecule has 0 unspecified atom stereocenters. The van der Waals surface area contributed by atoms with E-state index in [1.54, 1.807) is 0 Å². The van der Waals surface area contributed by atoms with Crippen molar-refractivity contribution in [3.05, 3.63) is 0 Å². The maximum atomic E-state index is 10.2. The third-order valence-electron chi connectivity index (χ3n) is 0.962. The van der Waals surface area contributed by atoms with E-state index in [0.29, 0.717) is 6.42 Å². The van der Waals surface area contributed by atoms with Crippen LogP contribution in [0.5, 0.6) is 0 Å². The van der Waals surface area contributed by atoms with Crippen LogP contribution in [0.15, 0.2) is 0 Å². The van der Waals surface area contributed by atoms with Crippen molar-refractivity contribution < 1.29 is 4.79 Å². The second kappa shape index (κ2) is 5.71. The van der Waals surface area contributed by atoms with Crippen LogP contribution >= 0.6 is 12.6 Å². The fraction of sp³-hybridized carbons (Fsp3) is 0.571. The van der Waals surface area contributed by atoms with Gasteiger partial charge in [-0.25, -0.2) is 0 Å². The number of thiol groups is 1. The molecule has 0 radical (unpaired) electrons. The standard InChI is InChI=1S/C7H10OS/c1-2-3-4-5-6-7(8)9/h1H,3-6H2,(H,8,9).